The van der Waals surface area contributed by atoms with Gasteiger partial charge in [0.25, 0.3) is 5.91 Å². The van der Waals surface area contributed by atoms with Crippen LogP contribution in [0.25, 0.3) is 17.0 Å². The van der Waals surface area contributed by atoms with Crippen molar-refractivity contribution in [3.63, 3.8) is 0 Å². The van der Waals surface area contributed by atoms with Gasteiger partial charge < -0.3 is 20.5 Å². The van der Waals surface area contributed by atoms with Crippen LogP contribution in [0.5, 0.6) is 0 Å². The lowest BCUT2D eigenvalue weighted by atomic mass is 10.1. The molecule has 3 heterocycles. The van der Waals surface area contributed by atoms with Crippen molar-refractivity contribution < 1.29 is 9.44 Å². The number of carbonyl (C=O) groups excluding carboxylic acids is 1. The van der Waals surface area contributed by atoms with Crippen molar-refractivity contribution in [2.45, 2.75) is 19.5 Å². The number of nitrogen functional groups attached to an aromatic ring is 1. The van der Waals surface area contributed by atoms with Crippen molar-refractivity contribution in [1.29, 1.82) is 0 Å². The molecule has 4 rings (SSSR count). The summed E-state index contributed by atoms with van der Waals surface area (Å²) < 4.78 is 0.171. The molecule has 0 bridgehead atoms. The number of hydroxylamine groups is 3. The number of hydrogen-bond donors (Lipinski definition) is 1. The maximum Gasteiger partial charge on any atom is 0.281 e. The fraction of sp³-hybridized carbons (Fsp3) is 0.273. The van der Waals surface area contributed by atoms with Gasteiger partial charge in [-0.2, -0.15) is 0 Å². The van der Waals surface area contributed by atoms with Crippen LogP contribution in [0.15, 0.2) is 48.7 Å². The number of anilines is 1. The van der Waals surface area contributed by atoms with Crippen LogP contribution in [-0.4, -0.2) is 46.1 Å². The molecule has 1 amide bonds. The standard InChI is InChI=1S/C22H23ClN4O2S/c1-15-22(28)26(14-16-4-6-18-19(24)8-9-25-20(18)13-16)10-12-27(15,29)11-2-3-17-5-7-21(23)30-17/h2-9,13,15H,10-12,14H2,1H3,(H2,24,25). The lowest BCUT2D eigenvalue weighted by Crippen LogP contribution is -2.64. The SMILES string of the molecule is CC1C(=O)N(Cc2ccc3c(N)ccnc3c2)CC[N+]1([O-])CC=Cc1ccc(Cl)s1. The quantitative estimate of drug-likeness (QED) is 0.472. The van der Waals surface area contributed by atoms with Gasteiger partial charge >= 0.3 is 0 Å². The molecule has 2 N–H and O–H groups in total. The molecule has 2 aromatic heterocycles. The molecule has 0 saturated carbocycles. The van der Waals surface area contributed by atoms with Crippen molar-refractivity contribution in [3.8, 4) is 0 Å². The van der Waals surface area contributed by atoms with E-state index in [0.29, 0.717) is 29.7 Å². The number of pyridine rings is 1. The summed E-state index contributed by atoms with van der Waals surface area (Å²) in [5, 5.41) is 14.2. The predicted molar refractivity (Wildman–Crippen MR) is 123 cm³/mol. The number of aromatic nitrogens is 1. The Bertz CT molecular complexity index is 1120. The summed E-state index contributed by atoms with van der Waals surface area (Å²) in [6.45, 7) is 3.23. The fourth-order valence-electron chi connectivity index (χ4n) is 3.77. The van der Waals surface area contributed by atoms with Crippen LogP contribution >= 0.6 is 22.9 Å². The first-order valence-corrected chi connectivity index (χ1v) is 11.0. The first kappa shape index (κ1) is 20.8. The molecule has 0 aliphatic carbocycles. The van der Waals surface area contributed by atoms with Crippen LogP contribution in [-0.2, 0) is 11.3 Å². The van der Waals surface area contributed by atoms with E-state index in [-0.39, 0.29) is 12.5 Å². The first-order valence-electron chi connectivity index (χ1n) is 9.77. The van der Waals surface area contributed by atoms with E-state index in [0.717, 1.165) is 21.3 Å². The Labute approximate surface area is 184 Å². The number of rotatable bonds is 5. The highest BCUT2D eigenvalue weighted by Crippen LogP contribution is 2.26. The number of hydrogen-bond acceptors (Lipinski definition) is 5. The van der Waals surface area contributed by atoms with E-state index in [1.54, 1.807) is 24.1 Å². The van der Waals surface area contributed by atoms with Crippen molar-refractivity contribution in [2.75, 3.05) is 25.4 Å². The zero-order chi connectivity index (χ0) is 21.3. The number of thiophene rings is 1. The van der Waals surface area contributed by atoms with Gasteiger partial charge in [-0.3, -0.25) is 9.78 Å². The van der Waals surface area contributed by atoms with Gasteiger partial charge in [-0.15, -0.1) is 11.3 Å². The monoisotopic (exact) mass is 442 g/mol. The third kappa shape index (κ3) is 4.20. The lowest BCUT2D eigenvalue weighted by Gasteiger charge is -2.51. The number of nitrogens with two attached hydrogens (primary N) is 1. The molecule has 156 valence electrons. The van der Waals surface area contributed by atoms with Crippen LogP contribution in [0.1, 0.15) is 17.4 Å². The van der Waals surface area contributed by atoms with Crippen LogP contribution < -0.4 is 5.73 Å². The van der Waals surface area contributed by atoms with Gasteiger partial charge in [-0.1, -0.05) is 23.7 Å². The van der Waals surface area contributed by atoms with E-state index in [4.69, 9.17) is 17.3 Å². The number of carbonyl (C=O) groups is 1. The second-order valence-corrected chi connectivity index (χ2v) is 9.34. The highest BCUT2D eigenvalue weighted by Gasteiger charge is 2.38. The average Bonchev–Trinajstić information content (AvgIpc) is 3.14. The molecule has 1 aliphatic heterocycles. The molecule has 0 spiro atoms. The van der Waals surface area contributed by atoms with Gasteiger partial charge in [0.2, 0.25) is 0 Å². The molecular formula is C22H23ClN4O2S. The fourth-order valence-corrected chi connectivity index (χ4v) is 4.76. The van der Waals surface area contributed by atoms with Gasteiger partial charge in [-0.05, 0) is 48.9 Å². The summed E-state index contributed by atoms with van der Waals surface area (Å²) in [6, 6.07) is 10.7. The van der Waals surface area contributed by atoms with Crippen molar-refractivity contribution in [2.24, 2.45) is 0 Å². The van der Waals surface area contributed by atoms with E-state index >= 15 is 0 Å². The number of quaternary nitrogens is 1. The summed E-state index contributed by atoms with van der Waals surface area (Å²) in [4.78, 5) is 20.1. The number of amides is 1. The Morgan fingerprint density at radius 2 is 2.20 bits per heavy atom. The summed E-state index contributed by atoms with van der Waals surface area (Å²) in [7, 11) is 0. The molecule has 1 aromatic carbocycles. The Hall–Kier alpha value is -2.45. The van der Waals surface area contributed by atoms with E-state index in [9.17, 15) is 10.0 Å². The van der Waals surface area contributed by atoms with E-state index in [2.05, 4.69) is 4.98 Å². The normalized spacial score (nSPS) is 22.3. The summed E-state index contributed by atoms with van der Waals surface area (Å²) >= 11 is 7.40. The number of benzene rings is 1. The topological polar surface area (TPSA) is 82.3 Å². The molecule has 1 fully saturated rings. The highest BCUT2D eigenvalue weighted by molar-refractivity contribution is 7.16. The van der Waals surface area contributed by atoms with Gasteiger partial charge in [0.1, 0.15) is 0 Å². The minimum atomic E-state index is -0.649. The Morgan fingerprint density at radius 1 is 1.37 bits per heavy atom. The van der Waals surface area contributed by atoms with E-state index in [1.165, 1.54) is 11.3 Å². The van der Waals surface area contributed by atoms with Crippen molar-refractivity contribution >= 4 is 51.5 Å². The lowest BCUT2D eigenvalue weighted by molar-refractivity contribution is -0.892. The van der Waals surface area contributed by atoms with Crippen LogP contribution in [0.4, 0.5) is 5.69 Å². The number of piperazine rings is 1. The van der Waals surface area contributed by atoms with Crippen LogP contribution in [0.2, 0.25) is 4.34 Å². The number of halogens is 1. The van der Waals surface area contributed by atoms with Gasteiger partial charge in [0.15, 0.2) is 6.04 Å². The third-order valence-corrected chi connectivity index (χ3v) is 6.82. The minimum absolute atomic E-state index is 0.121. The first-order chi connectivity index (χ1) is 14.4. The number of nitrogens with zero attached hydrogens (tertiary/aromatic N) is 3. The molecule has 1 saturated heterocycles. The van der Waals surface area contributed by atoms with Gasteiger partial charge in [-0.25, -0.2) is 0 Å². The zero-order valence-corrected chi connectivity index (χ0v) is 18.2. The van der Waals surface area contributed by atoms with Gasteiger partial charge in [0, 0.05) is 28.7 Å². The largest absolute Gasteiger partial charge is 0.632 e. The molecule has 30 heavy (non-hydrogen) atoms. The third-order valence-electron chi connectivity index (χ3n) is 5.63. The highest BCUT2D eigenvalue weighted by atomic mass is 35.5. The second-order valence-electron chi connectivity index (χ2n) is 7.59. The predicted octanol–water partition coefficient (Wildman–Crippen LogP) is 4.29. The maximum atomic E-state index is 13.3. The Morgan fingerprint density at radius 3 is 2.97 bits per heavy atom. The molecule has 8 heteroatoms. The summed E-state index contributed by atoms with van der Waals surface area (Å²) in [5.74, 6) is -0.121. The van der Waals surface area contributed by atoms with Crippen molar-refractivity contribution in [1.82, 2.24) is 9.88 Å². The minimum Gasteiger partial charge on any atom is -0.632 e. The van der Waals surface area contributed by atoms with Crippen LogP contribution in [0.3, 0.4) is 0 Å². The van der Waals surface area contributed by atoms with Crippen LogP contribution in [0, 0.1) is 5.21 Å². The summed E-state index contributed by atoms with van der Waals surface area (Å²) in [5.41, 5.74) is 8.44. The Kier molecular flexibility index (Phi) is 5.79. The average molecular weight is 443 g/mol. The number of fused-ring (bicyclic) bond motifs is 1. The smallest absolute Gasteiger partial charge is 0.281 e. The van der Waals surface area contributed by atoms with E-state index < -0.39 is 10.7 Å². The summed E-state index contributed by atoms with van der Waals surface area (Å²) in [6.07, 6.45) is 5.41. The maximum absolute atomic E-state index is 13.3. The molecule has 6 nitrogen and oxygen atoms in total. The van der Waals surface area contributed by atoms with E-state index in [1.807, 2.05) is 42.5 Å². The zero-order valence-electron chi connectivity index (χ0n) is 16.6. The molecule has 2 unspecified atom stereocenters. The molecule has 2 atom stereocenters. The molecule has 0 radical (unpaired) electrons. The molecule has 1 aliphatic rings. The second kappa shape index (κ2) is 8.35. The van der Waals surface area contributed by atoms with Gasteiger partial charge in [0.05, 0.1) is 29.5 Å². The molecular weight excluding hydrogens is 420 g/mol. The molecule has 3 aromatic rings. The Balaban J connectivity index is 1.43. The van der Waals surface area contributed by atoms with Crippen molar-refractivity contribution in [3.05, 3.63) is 68.7 Å².